The molecule has 10 heteroatoms. The SMILES string of the molecule is Cc1cc(=O)c(C(=O)NC2CCSc3ccc(Cl)cc32)nn1-c1ccccc1[N+](=O)[O-]. The number of nitro benzene ring substituents is 1. The molecule has 0 saturated heterocycles. The zero-order valence-electron chi connectivity index (χ0n) is 16.4. The number of rotatable bonds is 4. The molecule has 3 aromatic rings. The molecular weight excluding hydrogens is 440 g/mol. The Morgan fingerprint density at radius 1 is 1.29 bits per heavy atom. The predicted octanol–water partition coefficient (Wildman–Crippen LogP) is 4.07. The Morgan fingerprint density at radius 2 is 2.06 bits per heavy atom. The van der Waals surface area contributed by atoms with Crippen LogP contribution >= 0.6 is 23.4 Å². The van der Waals surface area contributed by atoms with Gasteiger partial charge >= 0.3 is 0 Å². The van der Waals surface area contributed by atoms with Crippen molar-refractivity contribution in [3.63, 3.8) is 0 Å². The number of amides is 1. The number of thioether (sulfide) groups is 1. The van der Waals surface area contributed by atoms with E-state index in [-0.39, 0.29) is 23.1 Å². The molecule has 1 aliphatic rings. The molecular formula is C21H17ClN4O4S. The third-order valence-electron chi connectivity index (χ3n) is 4.95. The van der Waals surface area contributed by atoms with Crippen molar-refractivity contribution in [3.05, 3.63) is 90.8 Å². The van der Waals surface area contributed by atoms with Gasteiger partial charge in [-0.15, -0.1) is 11.8 Å². The predicted molar refractivity (Wildman–Crippen MR) is 118 cm³/mol. The molecule has 2 heterocycles. The van der Waals surface area contributed by atoms with Crippen LogP contribution in [0.4, 0.5) is 5.69 Å². The van der Waals surface area contributed by atoms with Crippen molar-refractivity contribution in [2.75, 3.05) is 5.75 Å². The van der Waals surface area contributed by atoms with E-state index in [1.54, 1.807) is 30.8 Å². The number of aryl methyl sites for hydroxylation is 1. The molecule has 1 N–H and O–H groups in total. The molecule has 1 aromatic heterocycles. The number of aromatic nitrogens is 2. The summed E-state index contributed by atoms with van der Waals surface area (Å²) in [6.07, 6.45) is 0.675. The van der Waals surface area contributed by atoms with Crippen LogP contribution in [-0.2, 0) is 0 Å². The number of nitrogens with zero attached hydrogens (tertiary/aromatic N) is 3. The summed E-state index contributed by atoms with van der Waals surface area (Å²) in [5.41, 5.74) is 0.378. The van der Waals surface area contributed by atoms with Crippen molar-refractivity contribution >= 4 is 35.0 Å². The van der Waals surface area contributed by atoms with E-state index in [0.717, 1.165) is 16.2 Å². The molecule has 0 bridgehead atoms. The van der Waals surface area contributed by atoms with E-state index in [4.69, 9.17) is 11.6 Å². The van der Waals surface area contributed by atoms with Gasteiger partial charge < -0.3 is 5.32 Å². The fourth-order valence-corrected chi connectivity index (χ4v) is 4.77. The van der Waals surface area contributed by atoms with Crippen LogP contribution in [0.15, 0.2) is 58.2 Å². The van der Waals surface area contributed by atoms with Gasteiger partial charge in [-0.05, 0) is 43.2 Å². The maximum Gasteiger partial charge on any atom is 0.294 e. The Morgan fingerprint density at radius 3 is 2.84 bits per heavy atom. The standard InChI is InChI=1S/C21H17ClN4O4S/c1-12-10-18(27)20(24-25(12)16-4-2-3-5-17(16)26(29)30)21(28)23-15-8-9-31-19-7-6-13(22)11-14(15)19/h2-7,10-11,15H,8-9H2,1H3,(H,23,28). The summed E-state index contributed by atoms with van der Waals surface area (Å²) in [6.45, 7) is 1.60. The van der Waals surface area contributed by atoms with E-state index in [9.17, 15) is 19.7 Å². The van der Waals surface area contributed by atoms with Gasteiger partial charge in [0, 0.05) is 33.5 Å². The lowest BCUT2D eigenvalue weighted by Gasteiger charge is -2.26. The molecule has 8 nitrogen and oxygen atoms in total. The maximum absolute atomic E-state index is 13.0. The number of carbonyl (C=O) groups is 1. The van der Waals surface area contributed by atoms with Crippen molar-refractivity contribution in [2.24, 2.45) is 0 Å². The normalized spacial score (nSPS) is 15.2. The van der Waals surface area contributed by atoms with Crippen molar-refractivity contribution in [1.82, 2.24) is 15.1 Å². The molecule has 31 heavy (non-hydrogen) atoms. The zero-order valence-corrected chi connectivity index (χ0v) is 17.9. The summed E-state index contributed by atoms with van der Waals surface area (Å²) in [6, 6.07) is 12.5. The van der Waals surface area contributed by atoms with Crippen LogP contribution in [0.25, 0.3) is 5.69 Å². The largest absolute Gasteiger partial charge is 0.344 e. The van der Waals surface area contributed by atoms with Gasteiger partial charge in [-0.1, -0.05) is 23.7 Å². The summed E-state index contributed by atoms with van der Waals surface area (Å²) in [5, 5.41) is 19.0. The van der Waals surface area contributed by atoms with Crippen LogP contribution in [-0.4, -0.2) is 26.4 Å². The van der Waals surface area contributed by atoms with Gasteiger partial charge in [-0.2, -0.15) is 5.10 Å². The Hall–Kier alpha value is -3.17. The number of nitro groups is 1. The second-order valence-electron chi connectivity index (χ2n) is 7.00. The first-order valence-corrected chi connectivity index (χ1v) is 10.8. The number of carbonyl (C=O) groups excluding carboxylic acids is 1. The topological polar surface area (TPSA) is 107 Å². The molecule has 1 atom stereocenters. The number of para-hydroxylation sites is 2. The first-order chi connectivity index (χ1) is 14.8. The first-order valence-electron chi connectivity index (χ1n) is 9.43. The molecule has 2 aromatic carbocycles. The smallest absolute Gasteiger partial charge is 0.294 e. The van der Waals surface area contributed by atoms with Crippen LogP contribution in [0.5, 0.6) is 0 Å². The highest BCUT2D eigenvalue weighted by atomic mass is 35.5. The number of hydrogen-bond acceptors (Lipinski definition) is 6. The van der Waals surface area contributed by atoms with Crippen molar-refractivity contribution in [2.45, 2.75) is 24.3 Å². The summed E-state index contributed by atoms with van der Waals surface area (Å²) in [4.78, 5) is 37.4. The number of halogens is 1. The fourth-order valence-electron chi connectivity index (χ4n) is 3.49. The van der Waals surface area contributed by atoms with E-state index in [0.29, 0.717) is 17.1 Å². The molecule has 4 rings (SSSR count). The highest BCUT2D eigenvalue weighted by Gasteiger charge is 2.26. The van der Waals surface area contributed by atoms with E-state index < -0.39 is 16.3 Å². The van der Waals surface area contributed by atoms with E-state index in [1.165, 1.54) is 28.9 Å². The molecule has 0 fully saturated rings. The third-order valence-corrected chi connectivity index (χ3v) is 6.30. The second kappa shape index (κ2) is 8.52. The third kappa shape index (κ3) is 4.19. The van der Waals surface area contributed by atoms with Gasteiger partial charge in [-0.3, -0.25) is 19.7 Å². The minimum Gasteiger partial charge on any atom is -0.344 e. The fraction of sp³-hybridized carbons (Fsp3) is 0.190. The van der Waals surface area contributed by atoms with Crippen LogP contribution in [0.1, 0.15) is 34.2 Å². The average Bonchev–Trinajstić information content (AvgIpc) is 2.74. The molecule has 0 radical (unpaired) electrons. The Balaban J connectivity index is 1.71. The van der Waals surface area contributed by atoms with Gasteiger partial charge in [0.25, 0.3) is 11.6 Å². The average molecular weight is 457 g/mol. The highest BCUT2D eigenvalue weighted by molar-refractivity contribution is 7.99. The van der Waals surface area contributed by atoms with Gasteiger partial charge in [0.15, 0.2) is 5.69 Å². The lowest BCUT2D eigenvalue weighted by atomic mass is 10.0. The van der Waals surface area contributed by atoms with Crippen LogP contribution in [0.3, 0.4) is 0 Å². The Bertz CT molecular complexity index is 1260. The minimum absolute atomic E-state index is 0.172. The van der Waals surface area contributed by atoms with Gasteiger partial charge in [0.2, 0.25) is 5.43 Å². The molecule has 1 unspecified atom stereocenters. The van der Waals surface area contributed by atoms with Crippen molar-refractivity contribution in [1.29, 1.82) is 0 Å². The number of benzene rings is 2. The molecule has 158 valence electrons. The Labute approximate surface area is 186 Å². The van der Waals surface area contributed by atoms with Gasteiger partial charge in [0.05, 0.1) is 11.0 Å². The molecule has 1 aliphatic heterocycles. The quantitative estimate of drug-likeness (QED) is 0.468. The lowest BCUT2D eigenvalue weighted by Crippen LogP contribution is -2.35. The maximum atomic E-state index is 13.0. The summed E-state index contributed by atoms with van der Waals surface area (Å²) in [7, 11) is 0. The number of fused-ring (bicyclic) bond motifs is 1. The highest BCUT2D eigenvalue weighted by Crippen LogP contribution is 2.37. The zero-order chi connectivity index (χ0) is 22.1. The van der Waals surface area contributed by atoms with Crippen LogP contribution in [0, 0.1) is 17.0 Å². The number of hydrogen-bond donors (Lipinski definition) is 1. The van der Waals surface area contributed by atoms with Crippen LogP contribution < -0.4 is 10.7 Å². The van der Waals surface area contributed by atoms with E-state index >= 15 is 0 Å². The number of nitrogens with one attached hydrogen (secondary N) is 1. The second-order valence-corrected chi connectivity index (χ2v) is 8.57. The van der Waals surface area contributed by atoms with Crippen molar-refractivity contribution < 1.29 is 9.72 Å². The van der Waals surface area contributed by atoms with Gasteiger partial charge in [0.1, 0.15) is 5.69 Å². The lowest BCUT2D eigenvalue weighted by molar-refractivity contribution is -0.384. The summed E-state index contributed by atoms with van der Waals surface area (Å²) < 4.78 is 1.25. The molecule has 1 amide bonds. The molecule has 0 aliphatic carbocycles. The summed E-state index contributed by atoms with van der Waals surface area (Å²) in [5.74, 6) is 0.168. The Kier molecular flexibility index (Phi) is 5.79. The molecule has 0 spiro atoms. The molecule has 0 saturated carbocycles. The monoisotopic (exact) mass is 456 g/mol. The first kappa shape index (κ1) is 21.1. The van der Waals surface area contributed by atoms with Crippen LogP contribution in [0.2, 0.25) is 5.02 Å². The van der Waals surface area contributed by atoms with E-state index in [1.807, 2.05) is 12.1 Å². The van der Waals surface area contributed by atoms with E-state index in [2.05, 4.69) is 10.4 Å². The van der Waals surface area contributed by atoms with Crippen molar-refractivity contribution in [3.8, 4) is 5.69 Å². The minimum atomic E-state index is -0.639. The van der Waals surface area contributed by atoms with Gasteiger partial charge in [-0.25, -0.2) is 4.68 Å². The summed E-state index contributed by atoms with van der Waals surface area (Å²) >= 11 is 7.80.